The molecule has 4 aliphatic rings. The van der Waals surface area contributed by atoms with Crippen molar-refractivity contribution >= 4 is 38.9 Å². The summed E-state index contributed by atoms with van der Waals surface area (Å²) in [5, 5.41) is 2.28. The molecular formula is C41H38N5OPt-3. The molecule has 3 saturated carbocycles. The molecule has 0 radical (unpaired) electrons. The van der Waals surface area contributed by atoms with Gasteiger partial charge in [0, 0.05) is 74.1 Å². The second kappa shape index (κ2) is 12.1. The van der Waals surface area contributed by atoms with E-state index in [-0.39, 0.29) is 26.5 Å². The fourth-order valence-electron chi connectivity index (χ4n) is 8.10. The summed E-state index contributed by atoms with van der Waals surface area (Å²) in [7, 11) is 0. The van der Waals surface area contributed by atoms with E-state index in [0.29, 0.717) is 17.5 Å². The van der Waals surface area contributed by atoms with E-state index in [1.54, 1.807) is 0 Å². The van der Waals surface area contributed by atoms with E-state index in [2.05, 4.69) is 114 Å². The number of hydrogen-bond donors (Lipinski definition) is 0. The Morgan fingerprint density at radius 2 is 1.67 bits per heavy atom. The number of ether oxygens (including phenoxy) is 1. The molecule has 3 aromatic carbocycles. The molecule has 0 amide bonds. The number of benzene rings is 3. The summed E-state index contributed by atoms with van der Waals surface area (Å²) in [5.74, 6) is 3.75. The number of nitrogens with zero attached hydrogens (tertiary/aromatic N) is 5. The van der Waals surface area contributed by atoms with Crippen molar-refractivity contribution in [1.29, 1.82) is 0 Å². The van der Waals surface area contributed by atoms with Crippen molar-refractivity contribution in [3.05, 3.63) is 116 Å². The van der Waals surface area contributed by atoms with Crippen molar-refractivity contribution in [2.75, 3.05) is 9.80 Å². The summed E-state index contributed by atoms with van der Waals surface area (Å²) < 4.78 is 8.71. The summed E-state index contributed by atoms with van der Waals surface area (Å²) in [6.07, 6.45) is 12.5. The minimum Gasteiger partial charge on any atom is -0.509 e. The predicted molar refractivity (Wildman–Crippen MR) is 188 cm³/mol. The van der Waals surface area contributed by atoms with Gasteiger partial charge in [0.05, 0.1) is 0 Å². The van der Waals surface area contributed by atoms with Gasteiger partial charge in [-0.05, 0) is 71.7 Å². The van der Waals surface area contributed by atoms with Crippen LogP contribution in [0.5, 0.6) is 11.5 Å². The normalized spacial score (nSPS) is 20.3. The van der Waals surface area contributed by atoms with Gasteiger partial charge in [-0.1, -0.05) is 57.3 Å². The smallest absolute Gasteiger partial charge is 0.135 e. The zero-order valence-corrected chi connectivity index (χ0v) is 29.7. The van der Waals surface area contributed by atoms with Crippen LogP contribution in [0.15, 0.2) is 91.4 Å². The summed E-state index contributed by atoms with van der Waals surface area (Å²) in [5.41, 5.74) is 6.53. The van der Waals surface area contributed by atoms with Crippen LogP contribution in [0.4, 0.5) is 17.1 Å². The molecule has 4 heterocycles. The Morgan fingerprint density at radius 1 is 0.833 bits per heavy atom. The molecule has 10 rings (SSSR count). The molecule has 3 aromatic heterocycles. The molecule has 3 fully saturated rings. The number of fused-ring (bicyclic) bond motifs is 7. The average molecular weight is 812 g/mol. The first-order chi connectivity index (χ1) is 22.9. The van der Waals surface area contributed by atoms with Gasteiger partial charge >= 0.3 is 0 Å². The second-order valence-electron chi connectivity index (χ2n) is 14.4. The zero-order chi connectivity index (χ0) is 31.7. The number of hydrogen-bond acceptors (Lipinski definition) is 5. The maximum Gasteiger partial charge on any atom is 0.135 e. The summed E-state index contributed by atoms with van der Waals surface area (Å²) in [6.45, 7) is 8.95. The van der Waals surface area contributed by atoms with Crippen molar-refractivity contribution in [2.45, 2.75) is 64.3 Å². The molecule has 1 atom stereocenters. The quantitative estimate of drug-likeness (QED) is 0.162. The van der Waals surface area contributed by atoms with Gasteiger partial charge in [-0.3, -0.25) is 4.98 Å². The Labute approximate surface area is 297 Å². The molecule has 1 aliphatic heterocycles. The van der Waals surface area contributed by atoms with Crippen LogP contribution in [-0.2, 0) is 26.5 Å². The van der Waals surface area contributed by atoms with Crippen LogP contribution in [0.25, 0.3) is 27.6 Å². The molecule has 6 nitrogen and oxygen atoms in total. The molecule has 48 heavy (non-hydrogen) atoms. The third-order valence-electron chi connectivity index (χ3n) is 10.6. The maximum atomic E-state index is 6.51. The van der Waals surface area contributed by atoms with Crippen molar-refractivity contribution in [3.8, 4) is 17.3 Å². The van der Waals surface area contributed by atoms with Gasteiger partial charge in [-0.15, -0.1) is 41.4 Å². The van der Waals surface area contributed by atoms with E-state index >= 15 is 0 Å². The largest absolute Gasteiger partial charge is 0.509 e. The van der Waals surface area contributed by atoms with Gasteiger partial charge in [0.25, 0.3) is 0 Å². The van der Waals surface area contributed by atoms with Crippen LogP contribution >= 0.6 is 0 Å². The topological polar surface area (TPSA) is 46.4 Å². The summed E-state index contributed by atoms with van der Waals surface area (Å²) >= 11 is 0. The van der Waals surface area contributed by atoms with Crippen LogP contribution in [0.2, 0.25) is 0 Å². The van der Waals surface area contributed by atoms with E-state index in [1.807, 2.05) is 36.8 Å². The molecule has 6 aromatic rings. The molecule has 3 aliphatic carbocycles. The first kappa shape index (κ1) is 31.1. The van der Waals surface area contributed by atoms with Crippen molar-refractivity contribution in [1.82, 2.24) is 14.5 Å². The maximum absolute atomic E-state index is 6.51. The van der Waals surface area contributed by atoms with Crippen LogP contribution in [0.1, 0.15) is 58.4 Å². The predicted octanol–water partition coefficient (Wildman–Crippen LogP) is 9.92. The van der Waals surface area contributed by atoms with E-state index in [0.717, 1.165) is 50.8 Å². The minimum absolute atomic E-state index is 0. The zero-order valence-electron chi connectivity index (χ0n) is 27.5. The Kier molecular flexibility index (Phi) is 7.83. The minimum atomic E-state index is 0. The van der Waals surface area contributed by atoms with Crippen LogP contribution < -0.4 is 14.5 Å². The van der Waals surface area contributed by atoms with Gasteiger partial charge in [0.1, 0.15) is 5.82 Å². The van der Waals surface area contributed by atoms with Crippen molar-refractivity contribution in [2.24, 2.45) is 11.8 Å². The number of para-hydroxylation sites is 1. The first-order valence-electron chi connectivity index (χ1n) is 16.9. The number of rotatable bonds is 5. The first-order valence-corrected chi connectivity index (χ1v) is 16.9. The molecule has 0 spiro atoms. The molecule has 0 saturated heterocycles. The van der Waals surface area contributed by atoms with Gasteiger partial charge in [0.15, 0.2) is 0 Å². The van der Waals surface area contributed by atoms with Crippen molar-refractivity contribution in [3.63, 3.8) is 0 Å². The Morgan fingerprint density at radius 3 is 2.48 bits per heavy atom. The third-order valence-corrected chi connectivity index (χ3v) is 10.6. The van der Waals surface area contributed by atoms with Gasteiger partial charge in [0.2, 0.25) is 0 Å². The van der Waals surface area contributed by atoms with Crippen LogP contribution in [0, 0.1) is 30.6 Å². The monoisotopic (exact) mass is 811 g/mol. The molecule has 1 unspecified atom stereocenters. The standard InChI is InChI=1S/C41H38N5O.Pt/c1-41(2,3)29-17-20-43-40(22-29)46-35-10-5-4-9-33(35)34-16-15-32(24-38(34)46)47-31-8-6-7-30(23-31)44-26-45(39-25-42-19-18-36(39)44)37-21-27-11-13-28(37)14-12-27;/h4-10,15-20,22,25-28,37H,11-14,21H2,1-3H3;/q-3;. The Bertz CT molecular complexity index is 2130. The van der Waals surface area contributed by atoms with Crippen LogP contribution in [0.3, 0.4) is 0 Å². The van der Waals surface area contributed by atoms with E-state index in [1.165, 1.54) is 43.4 Å². The Hall–Kier alpha value is -4.15. The van der Waals surface area contributed by atoms with E-state index < -0.39 is 0 Å². The Balaban J connectivity index is 0.00000336. The SMILES string of the molecule is CC(C)(C)c1ccnc(-n2c3[c-]c(Oc4[c-]c(N5[CH-]N(C6CC7CCC6CC7)c6cnccc65)ccc4)ccc3c3ccccc32)c1.[Pt]. The second-order valence-corrected chi connectivity index (χ2v) is 14.4. The number of aromatic nitrogens is 3. The van der Waals surface area contributed by atoms with E-state index in [9.17, 15) is 0 Å². The fourth-order valence-corrected chi connectivity index (χ4v) is 8.10. The fraction of sp³-hybridized carbons (Fsp3) is 0.293. The molecule has 246 valence electrons. The third kappa shape index (κ3) is 5.29. The number of pyridine rings is 2. The van der Waals surface area contributed by atoms with E-state index in [4.69, 9.17) is 9.72 Å². The average Bonchev–Trinajstić information content (AvgIpc) is 3.65. The summed E-state index contributed by atoms with van der Waals surface area (Å²) in [6, 6.07) is 32.8. The molecule has 2 bridgehead atoms. The molecule has 0 N–H and O–H groups in total. The van der Waals surface area contributed by atoms with Gasteiger partial charge in [-0.25, -0.2) is 4.98 Å². The van der Waals surface area contributed by atoms with Gasteiger partial charge < -0.3 is 19.1 Å². The summed E-state index contributed by atoms with van der Waals surface area (Å²) in [4.78, 5) is 14.1. The molecule has 7 heteroatoms. The van der Waals surface area contributed by atoms with Crippen LogP contribution in [-0.4, -0.2) is 20.6 Å². The number of anilines is 3. The molecular weight excluding hydrogens is 774 g/mol. The van der Waals surface area contributed by atoms with Gasteiger partial charge in [-0.2, -0.15) is 18.8 Å². The van der Waals surface area contributed by atoms with Crippen molar-refractivity contribution < 1.29 is 25.8 Å².